The van der Waals surface area contributed by atoms with E-state index in [9.17, 15) is 9.18 Å². The zero-order chi connectivity index (χ0) is 13.7. The molecular formula is C14H16FN3O. The summed E-state index contributed by atoms with van der Waals surface area (Å²) in [6.45, 7) is 0.893. The van der Waals surface area contributed by atoms with Crippen molar-refractivity contribution >= 4 is 16.8 Å². The topological polar surface area (TPSA) is 68.0 Å². The van der Waals surface area contributed by atoms with Gasteiger partial charge in [-0.2, -0.15) is 0 Å². The first-order chi connectivity index (χ1) is 9.20. The average molecular weight is 261 g/mol. The van der Waals surface area contributed by atoms with Gasteiger partial charge in [0.2, 0.25) is 5.91 Å². The first-order valence-electron chi connectivity index (χ1n) is 6.21. The third-order valence-electron chi connectivity index (χ3n) is 2.80. The smallest absolute Gasteiger partial charge is 0.220 e. The molecule has 1 amide bonds. The molecule has 2 rings (SSSR count). The van der Waals surface area contributed by atoms with Gasteiger partial charge in [-0.3, -0.25) is 4.79 Å². The molecule has 0 atom stereocenters. The number of fused-ring (bicyclic) bond motifs is 1. The highest BCUT2D eigenvalue weighted by atomic mass is 19.1. The summed E-state index contributed by atoms with van der Waals surface area (Å²) in [7, 11) is 0. The van der Waals surface area contributed by atoms with Gasteiger partial charge < -0.3 is 11.1 Å². The fraction of sp³-hybridized carbons (Fsp3) is 0.286. The number of hydrogen-bond acceptors (Lipinski definition) is 3. The van der Waals surface area contributed by atoms with Crippen LogP contribution in [0.15, 0.2) is 30.3 Å². The maximum Gasteiger partial charge on any atom is 0.220 e. The van der Waals surface area contributed by atoms with Crippen molar-refractivity contribution in [3.8, 4) is 0 Å². The molecule has 0 aliphatic heterocycles. The zero-order valence-corrected chi connectivity index (χ0v) is 10.5. The fourth-order valence-electron chi connectivity index (χ4n) is 1.83. The Morgan fingerprint density at radius 3 is 2.95 bits per heavy atom. The molecule has 19 heavy (non-hydrogen) atoms. The lowest BCUT2D eigenvalue weighted by Gasteiger charge is -2.05. The maximum absolute atomic E-state index is 13.6. The first-order valence-corrected chi connectivity index (χ1v) is 6.21. The number of aromatic nitrogens is 1. The van der Waals surface area contributed by atoms with E-state index in [1.54, 1.807) is 6.07 Å². The summed E-state index contributed by atoms with van der Waals surface area (Å²) in [5.74, 6) is -0.409. The van der Waals surface area contributed by atoms with E-state index >= 15 is 0 Å². The third kappa shape index (κ3) is 3.48. The second-order valence-electron chi connectivity index (χ2n) is 4.25. The molecule has 5 heteroatoms. The van der Waals surface area contributed by atoms with Gasteiger partial charge in [0.1, 0.15) is 11.3 Å². The van der Waals surface area contributed by atoms with E-state index in [1.807, 2.05) is 18.2 Å². The Morgan fingerprint density at radius 1 is 1.32 bits per heavy atom. The van der Waals surface area contributed by atoms with Gasteiger partial charge in [-0.1, -0.05) is 18.2 Å². The number of aryl methyl sites for hydroxylation is 1. The molecule has 3 N–H and O–H groups in total. The molecule has 100 valence electrons. The highest BCUT2D eigenvalue weighted by Gasteiger charge is 2.05. The van der Waals surface area contributed by atoms with Gasteiger partial charge >= 0.3 is 0 Å². The van der Waals surface area contributed by atoms with E-state index < -0.39 is 0 Å². The quantitative estimate of drug-likeness (QED) is 0.854. The monoisotopic (exact) mass is 261 g/mol. The highest BCUT2D eigenvalue weighted by Crippen LogP contribution is 2.16. The molecule has 0 saturated heterocycles. The molecule has 0 fully saturated rings. The van der Waals surface area contributed by atoms with Gasteiger partial charge in [-0.15, -0.1) is 0 Å². The summed E-state index contributed by atoms with van der Waals surface area (Å²) in [6, 6.07) is 8.48. The van der Waals surface area contributed by atoms with E-state index in [0.29, 0.717) is 37.1 Å². The van der Waals surface area contributed by atoms with Crippen LogP contribution in [-0.4, -0.2) is 24.0 Å². The number of carbonyl (C=O) groups is 1. The molecule has 0 spiro atoms. The molecular weight excluding hydrogens is 245 g/mol. The molecule has 1 heterocycles. The van der Waals surface area contributed by atoms with Crippen LogP contribution in [0.5, 0.6) is 0 Å². The molecule has 2 aromatic rings. The molecule has 0 saturated carbocycles. The largest absolute Gasteiger partial charge is 0.355 e. The predicted octanol–water partition coefficient (Wildman–Crippen LogP) is 1.38. The van der Waals surface area contributed by atoms with Crippen LogP contribution < -0.4 is 11.1 Å². The van der Waals surface area contributed by atoms with Gasteiger partial charge in [-0.05, 0) is 18.6 Å². The number of nitrogens with two attached hydrogens (primary N) is 1. The SMILES string of the molecule is NCCNC(=O)CCc1ccc2cccc(F)c2n1. The minimum absolute atomic E-state index is 0.0686. The normalized spacial score (nSPS) is 10.6. The van der Waals surface area contributed by atoms with E-state index in [2.05, 4.69) is 10.3 Å². The highest BCUT2D eigenvalue weighted by molar-refractivity contribution is 5.79. The second kappa shape index (κ2) is 6.24. The average Bonchev–Trinajstić information content (AvgIpc) is 2.43. The number of amides is 1. The van der Waals surface area contributed by atoms with Crippen LogP contribution >= 0.6 is 0 Å². The lowest BCUT2D eigenvalue weighted by atomic mass is 10.1. The van der Waals surface area contributed by atoms with Crippen molar-refractivity contribution < 1.29 is 9.18 Å². The molecule has 4 nitrogen and oxygen atoms in total. The number of nitrogens with zero attached hydrogens (tertiary/aromatic N) is 1. The second-order valence-corrected chi connectivity index (χ2v) is 4.25. The van der Waals surface area contributed by atoms with E-state index in [4.69, 9.17) is 5.73 Å². The Kier molecular flexibility index (Phi) is 4.41. The fourth-order valence-corrected chi connectivity index (χ4v) is 1.83. The molecule has 0 unspecified atom stereocenters. The van der Waals surface area contributed by atoms with Gasteiger partial charge in [0.15, 0.2) is 0 Å². The third-order valence-corrected chi connectivity index (χ3v) is 2.80. The molecule has 0 bridgehead atoms. The van der Waals surface area contributed by atoms with E-state index in [-0.39, 0.29) is 11.7 Å². The number of carbonyl (C=O) groups excluding carboxylic acids is 1. The molecule has 1 aromatic carbocycles. The van der Waals surface area contributed by atoms with Crippen molar-refractivity contribution in [2.75, 3.05) is 13.1 Å². The Morgan fingerprint density at radius 2 is 2.16 bits per heavy atom. The Balaban J connectivity index is 2.05. The molecule has 0 aliphatic carbocycles. The molecule has 1 aromatic heterocycles. The summed E-state index contributed by atoms with van der Waals surface area (Å²) < 4.78 is 13.6. The van der Waals surface area contributed by atoms with Crippen LogP contribution in [0.1, 0.15) is 12.1 Å². The number of rotatable bonds is 5. The van der Waals surface area contributed by atoms with Crippen LogP contribution in [0, 0.1) is 5.82 Å². The van der Waals surface area contributed by atoms with E-state index in [1.165, 1.54) is 6.07 Å². The number of para-hydroxylation sites is 1. The summed E-state index contributed by atoms with van der Waals surface area (Å²) >= 11 is 0. The van der Waals surface area contributed by atoms with Crippen molar-refractivity contribution in [1.29, 1.82) is 0 Å². The molecule has 0 aliphatic rings. The van der Waals surface area contributed by atoms with Crippen molar-refractivity contribution in [3.63, 3.8) is 0 Å². The zero-order valence-electron chi connectivity index (χ0n) is 10.5. The lowest BCUT2D eigenvalue weighted by molar-refractivity contribution is -0.121. The standard InChI is InChI=1S/C14H16FN3O/c15-12-3-1-2-10-4-5-11(18-14(10)12)6-7-13(19)17-9-8-16/h1-5H,6-9,16H2,(H,17,19). The Hall–Kier alpha value is -2.01. The minimum Gasteiger partial charge on any atom is -0.355 e. The summed E-state index contributed by atoms with van der Waals surface area (Å²) in [5, 5.41) is 3.45. The van der Waals surface area contributed by atoms with Gasteiger partial charge in [-0.25, -0.2) is 9.37 Å². The molecule has 0 radical (unpaired) electrons. The van der Waals surface area contributed by atoms with Crippen molar-refractivity contribution in [2.45, 2.75) is 12.8 Å². The number of nitrogens with one attached hydrogen (secondary N) is 1. The summed E-state index contributed by atoms with van der Waals surface area (Å²) in [6.07, 6.45) is 0.813. The minimum atomic E-state index is -0.341. The van der Waals surface area contributed by atoms with Crippen molar-refractivity contribution in [1.82, 2.24) is 10.3 Å². The van der Waals surface area contributed by atoms with Crippen molar-refractivity contribution in [3.05, 3.63) is 41.8 Å². The maximum atomic E-state index is 13.6. The summed E-state index contributed by atoms with van der Waals surface area (Å²) in [5.41, 5.74) is 6.35. The Bertz CT molecular complexity index is 586. The number of hydrogen-bond donors (Lipinski definition) is 2. The van der Waals surface area contributed by atoms with Crippen LogP contribution in [-0.2, 0) is 11.2 Å². The van der Waals surface area contributed by atoms with Crippen LogP contribution in [0.25, 0.3) is 10.9 Å². The number of halogens is 1. The van der Waals surface area contributed by atoms with E-state index in [0.717, 1.165) is 5.39 Å². The van der Waals surface area contributed by atoms with Crippen LogP contribution in [0.3, 0.4) is 0 Å². The van der Waals surface area contributed by atoms with Crippen LogP contribution in [0.2, 0.25) is 0 Å². The number of benzene rings is 1. The van der Waals surface area contributed by atoms with Gasteiger partial charge in [0.25, 0.3) is 0 Å². The predicted molar refractivity (Wildman–Crippen MR) is 72.1 cm³/mol. The first kappa shape index (κ1) is 13.4. The Labute approximate surface area is 110 Å². The van der Waals surface area contributed by atoms with Crippen LogP contribution in [0.4, 0.5) is 4.39 Å². The lowest BCUT2D eigenvalue weighted by Crippen LogP contribution is -2.29. The summed E-state index contributed by atoms with van der Waals surface area (Å²) in [4.78, 5) is 15.7. The van der Waals surface area contributed by atoms with Crippen molar-refractivity contribution in [2.24, 2.45) is 5.73 Å². The van der Waals surface area contributed by atoms with Gasteiger partial charge in [0, 0.05) is 30.6 Å². The number of pyridine rings is 1. The van der Waals surface area contributed by atoms with Gasteiger partial charge in [0.05, 0.1) is 0 Å².